The van der Waals surface area contributed by atoms with Crippen LogP contribution in [0.5, 0.6) is 0 Å². The molecule has 0 aromatic heterocycles. The van der Waals surface area contributed by atoms with Gasteiger partial charge in [0.25, 0.3) is 0 Å². The summed E-state index contributed by atoms with van der Waals surface area (Å²) in [6.07, 6.45) is -9.38. The monoisotopic (exact) mass is 460 g/mol. The molecule has 1 saturated heterocycles. The minimum absolute atomic E-state index is 0.00923. The SMILES string of the molecule is CC(=O)N[C@@H]1CN[C@](COCc2cc(C(F)(F)F)cc(C(F)(F)F)c2)(c2ccccc2)C1. The predicted octanol–water partition coefficient (Wildman–Crippen LogP) is 4.63. The molecule has 0 unspecified atom stereocenters. The van der Waals surface area contributed by atoms with E-state index in [0.717, 1.165) is 5.56 Å². The molecule has 2 aromatic carbocycles. The second-order valence-electron chi connectivity index (χ2n) is 7.84. The number of carbonyl (C=O) groups excluding carboxylic acids is 1. The van der Waals surface area contributed by atoms with Crippen LogP contribution in [0.3, 0.4) is 0 Å². The molecule has 0 aliphatic carbocycles. The number of benzene rings is 2. The van der Waals surface area contributed by atoms with Gasteiger partial charge < -0.3 is 15.4 Å². The van der Waals surface area contributed by atoms with E-state index in [1.165, 1.54) is 6.92 Å². The average molecular weight is 460 g/mol. The van der Waals surface area contributed by atoms with Crippen LogP contribution in [0.4, 0.5) is 26.3 Å². The first-order valence-electron chi connectivity index (χ1n) is 9.83. The van der Waals surface area contributed by atoms with Crippen molar-refractivity contribution in [1.29, 1.82) is 0 Å². The van der Waals surface area contributed by atoms with Crippen LogP contribution in [0.15, 0.2) is 48.5 Å². The smallest absolute Gasteiger partial charge is 0.374 e. The van der Waals surface area contributed by atoms with Gasteiger partial charge in [-0.1, -0.05) is 30.3 Å². The van der Waals surface area contributed by atoms with Gasteiger partial charge >= 0.3 is 12.4 Å². The molecule has 4 nitrogen and oxygen atoms in total. The summed E-state index contributed by atoms with van der Waals surface area (Å²) in [5, 5.41) is 6.12. The van der Waals surface area contributed by atoms with Crippen molar-refractivity contribution in [2.45, 2.75) is 43.9 Å². The van der Waals surface area contributed by atoms with E-state index in [0.29, 0.717) is 25.1 Å². The van der Waals surface area contributed by atoms with E-state index in [1.54, 1.807) is 0 Å². The van der Waals surface area contributed by atoms with E-state index in [-0.39, 0.29) is 30.2 Å². The largest absolute Gasteiger partial charge is 0.416 e. The molecular weight excluding hydrogens is 438 g/mol. The Bertz CT molecular complexity index is 913. The predicted molar refractivity (Wildman–Crippen MR) is 104 cm³/mol. The Morgan fingerprint density at radius 2 is 1.66 bits per heavy atom. The van der Waals surface area contributed by atoms with Crippen molar-refractivity contribution < 1.29 is 35.9 Å². The Morgan fingerprint density at radius 1 is 1.06 bits per heavy atom. The Labute approximate surface area is 181 Å². The van der Waals surface area contributed by atoms with E-state index in [2.05, 4.69) is 10.6 Å². The van der Waals surface area contributed by atoms with Crippen LogP contribution in [0.1, 0.15) is 35.6 Å². The van der Waals surface area contributed by atoms with Crippen molar-refractivity contribution >= 4 is 5.91 Å². The summed E-state index contributed by atoms with van der Waals surface area (Å²) in [5.74, 6) is -0.203. The molecule has 1 heterocycles. The third-order valence-electron chi connectivity index (χ3n) is 5.28. The van der Waals surface area contributed by atoms with Gasteiger partial charge in [-0.25, -0.2) is 0 Å². The summed E-state index contributed by atoms with van der Waals surface area (Å²) >= 11 is 0. The summed E-state index contributed by atoms with van der Waals surface area (Å²) < 4.78 is 84.1. The molecule has 1 aliphatic heterocycles. The van der Waals surface area contributed by atoms with Crippen LogP contribution in [-0.4, -0.2) is 25.1 Å². The second-order valence-corrected chi connectivity index (χ2v) is 7.84. The van der Waals surface area contributed by atoms with Gasteiger partial charge in [-0.3, -0.25) is 4.79 Å². The first kappa shape index (κ1) is 24.1. The molecule has 1 amide bonds. The van der Waals surface area contributed by atoms with E-state index in [9.17, 15) is 31.1 Å². The summed E-state index contributed by atoms with van der Waals surface area (Å²) in [5.41, 5.74) is -2.90. The van der Waals surface area contributed by atoms with Gasteiger partial charge in [-0.05, 0) is 35.7 Å². The average Bonchev–Trinajstić information content (AvgIpc) is 3.10. The molecule has 0 saturated carbocycles. The summed E-state index contributed by atoms with van der Waals surface area (Å²) in [7, 11) is 0. The molecule has 1 fully saturated rings. The molecule has 2 aromatic rings. The van der Waals surface area contributed by atoms with E-state index >= 15 is 0 Å². The van der Waals surface area contributed by atoms with Crippen LogP contribution < -0.4 is 10.6 Å². The molecule has 0 spiro atoms. The maximum atomic E-state index is 13.1. The van der Waals surface area contributed by atoms with Crippen molar-refractivity contribution in [2.75, 3.05) is 13.2 Å². The van der Waals surface area contributed by atoms with Crippen molar-refractivity contribution in [2.24, 2.45) is 0 Å². The quantitative estimate of drug-likeness (QED) is 0.618. The number of ether oxygens (including phenoxy) is 1. The lowest BCUT2D eigenvalue weighted by atomic mass is 9.88. The molecule has 0 bridgehead atoms. The minimum atomic E-state index is -4.92. The van der Waals surface area contributed by atoms with Crippen LogP contribution in [-0.2, 0) is 34.0 Å². The molecule has 32 heavy (non-hydrogen) atoms. The standard InChI is InChI=1S/C22H22F6N2O2/c1-14(31)30-19-10-20(29-11-19,16-5-3-2-4-6-16)13-32-12-15-7-17(21(23,24)25)9-18(8-15)22(26,27)28/h2-9,19,29H,10-13H2,1H3,(H,30,31)/t19-,20+/m0/s1. The van der Waals surface area contributed by atoms with Crippen LogP contribution in [0.2, 0.25) is 0 Å². The van der Waals surface area contributed by atoms with Gasteiger partial charge in [0.05, 0.1) is 29.9 Å². The highest BCUT2D eigenvalue weighted by molar-refractivity contribution is 5.73. The molecule has 0 radical (unpaired) electrons. The summed E-state index contributed by atoms with van der Waals surface area (Å²) in [6.45, 7) is 1.39. The van der Waals surface area contributed by atoms with E-state index in [4.69, 9.17) is 4.74 Å². The number of amides is 1. The van der Waals surface area contributed by atoms with Gasteiger partial charge in [0.2, 0.25) is 5.91 Å². The lowest BCUT2D eigenvalue weighted by molar-refractivity contribution is -0.143. The zero-order valence-corrected chi connectivity index (χ0v) is 17.1. The first-order valence-corrected chi connectivity index (χ1v) is 9.83. The molecule has 2 N–H and O–H groups in total. The van der Waals surface area contributed by atoms with Crippen LogP contribution in [0.25, 0.3) is 0 Å². The molecule has 3 rings (SSSR count). The number of rotatable bonds is 6. The Hall–Kier alpha value is -2.59. The Balaban J connectivity index is 1.80. The lowest BCUT2D eigenvalue weighted by Crippen LogP contribution is -2.41. The number of alkyl halides is 6. The second kappa shape index (κ2) is 9.11. The Kier molecular flexibility index (Phi) is 6.85. The lowest BCUT2D eigenvalue weighted by Gasteiger charge is -2.30. The van der Waals surface area contributed by atoms with Gasteiger partial charge in [0.1, 0.15) is 0 Å². The summed E-state index contributed by atoms with van der Waals surface area (Å²) in [6, 6.07) is 10.4. The number of hydrogen-bond acceptors (Lipinski definition) is 3. The summed E-state index contributed by atoms with van der Waals surface area (Å²) in [4.78, 5) is 11.4. The van der Waals surface area contributed by atoms with Crippen molar-refractivity contribution in [1.82, 2.24) is 10.6 Å². The normalized spacial score (nSPS) is 21.5. The number of halogens is 6. The maximum absolute atomic E-state index is 13.1. The zero-order chi connectivity index (χ0) is 23.6. The van der Waals surface area contributed by atoms with Gasteiger partial charge in [0, 0.05) is 19.5 Å². The van der Waals surface area contributed by atoms with Gasteiger partial charge in [-0.2, -0.15) is 26.3 Å². The number of hydrogen-bond donors (Lipinski definition) is 2. The minimum Gasteiger partial charge on any atom is -0.374 e. The molecule has 1 aliphatic rings. The third kappa shape index (κ3) is 5.80. The highest BCUT2D eigenvalue weighted by Gasteiger charge is 2.41. The molecular formula is C22H22F6N2O2. The number of carbonyl (C=O) groups is 1. The van der Waals surface area contributed by atoms with Crippen LogP contribution >= 0.6 is 0 Å². The van der Waals surface area contributed by atoms with Gasteiger partial charge in [-0.15, -0.1) is 0 Å². The first-order chi connectivity index (χ1) is 14.9. The van der Waals surface area contributed by atoms with E-state index in [1.807, 2.05) is 30.3 Å². The molecule has 10 heteroatoms. The number of nitrogens with one attached hydrogen (secondary N) is 2. The fourth-order valence-electron chi connectivity index (χ4n) is 3.89. The maximum Gasteiger partial charge on any atom is 0.416 e. The van der Waals surface area contributed by atoms with Crippen LogP contribution in [0, 0.1) is 0 Å². The van der Waals surface area contributed by atoms with Crippen molar-refractivity contribution in [3.8, 4) is 0 Å². The fourth-order valence-corrected chi connectivity index (χ4v) is 3.89. The third-order valence-corrected chi connectivity index (χ3v) is 5.28. The van der Waals surface area contributed by atoms with E-state index < -0.39 is 35.6 Å². The molecule has 2 atom stereocenters. The van der Waals surface area contributed by atoms with Crippen molar-refractivity contribution in [3.05, 3.63) is 70.8 Å². The topological polar surface area (TPSA) is 50.4 Å². The Morgan fingerprint density at radius 3 is 2.19 bits per heavy atom. The van der Waals surface area contributed by atoms with Crippen molar-refractivity contribution in [3.63, 3.8) is 0 Å². The molecule has 174 valence electrons. The fraction of sp³-hybridized carbons (Fsp3) is 0.409. The zero-order valence-electron chi connectivity index (χ0n) is 17.1. The highest BCUT2D eigenvalue weighted by Crippen LogP contribution is 2.37. The highest BCUT2D eigenvalue weighted by atomic mass is 19.4. The van der Waals surface area contributed by atoms with Gasteiger partial charge in [0.15, 0.2) is 0 Å².